The van der Waals surface area contributed by atoms with Gasteiger partial charge in [-0.2, -0.15) is 0 Å². The fourth-order valence-electron chi connectivity index (χ4n) is 2.30. The third kappa shape index (κ3) is 6.89. The van der Waals surface area contributed by atoms with Crippen molar-refractivity contribution < 1.29 is 23.1 Å². The number of amides is 2. The van der Waals surface area contributed by atoms with Crippen LogP contribution in [0.2, 0.25) is 0 Å². The first-order valence-electron chi connectivity index (χ1n) is 8.28. The van der Waals surface area contributed by atoms with Crippen LogP contribution in [0.5, 0.6) is 5.75 Å². The van der Waals surface area contributed by atoms with Crippen LogP contribution in [0.25, 0.3) is 6.08 Å². The summed E-state index contributed by atoms with van der Waals surface area (Å²) in [5.74, 6) is -1.41. The Labute approximate surface area is 156 Å². The molecule has 5 nitrogen and oxygen atoms in total. The highest BCUT2D eigenvalue weighted by atomic mass is 19.1. The van der Waals surface area contributed by atoms with Crippen molar-refractivity contribution in [3.8, 4) is 5.75 Å². The number of nitrogens with one attached hydrogen (secondary N) is 2. The van der Waals surface area contributed by atoms with E-state index in [2.05, 4.69) is 10.6 Å². The van der Waals surface area contributed by atoms with Crippen LogP contribution in [0.3, 0.4) is 0 Å². The van der Waals surface area contributed by atoms with Gasteiger partial charge in [-0.05, 0) is 41.5 Å². The van der Waals surface area contributed by atoms with Crippen molar-refractivity contribution in [1.29, 1.82) is 0 Å². The van der Waals surface area contributed by atoms with E-state index in [1.165, 1.54) is 43.5 Å². The van der Waals surface area contributed by atoms with Crippen LogP contribution in [0, 0.1) is 11.6 Å². The first kappa shape index (κ1) is 20.1. The van der Waals surface area contributed by atoms with Crippen LogP contribution < -0.4 is 15.4 Å². The summed E-state index contributed by atoms with van der Waals surface area (Å²) in [7, 11) is 1.37. The van der Waals surface area contributed by atoms with Crippen LogP contribution in [0.15, 0.2) is 48.5 Å². The van der Waals surface area contributed by atoms with E-state index in [1.54, 1.807) is 18.2 Å². The minimum atomic E-state index is -0.513. The number of carbonyl (C=O) groups excluding carboxylic acids is 2. The molecule has 2 rings (SSSR count). The average molecular weight is 374 g/mol. The van der Waals surface area contributed by atoms with Gasteiger partial charge in [0.05, 0.1) is 13.5 Å². The van der Waals surface area contributed by atoms with Gasteiger partial charge in [-0.15, -0.1) is 0 Å². The molecule has 0 heterocycles. The highest BCUT2D eigenvalue weighted by Crippen LogP contribution is 2.18. The maximum atomic E-state index is 13.6. The Kier molecular flexibility index (Phi) is 7.49. The molecule has 0 saturated carbocycles. The number of hydrogen-bond acceptors (Lipinski definition) is 3. The summed E-state index contributed by atoms with van der Waals surface area (Å²) in [6, 6.07) is 10.2. The predicted molar refractivity (Wildman–Crippen MR) is 98.1 cm³/mol. The largest absolute Gasteiger partial charge is 0.494 e. The number of rotatable bonds is 8. The lowest BCUT2D eigenvalue weighted by Gasteiger charge is -2.06. The maximum absolute atomic E-state index is 13.6. The number of methoxy groups -OCH3 is 1. The summed E-state index contributed by atoms with van der Waals surface area (Å²) in [6.45, 7) is 0.472. The quantitative estimate of drug-likeness (QED) is 0.551. The lowest BCUT2D eigenvalue weighted by Crippen LogP contribution is -2.34. The SMILES string of the molecule is COc1ccc(/C=C/C(=O)NCCNC(=O)Cc2cccc(F)c2)cc1F. The van der Waals surface area contributed by atoms with Crippen molar-refractivity contribution in [2.24, 2.45) is 0 Å². The molecule has 0 radical (unpaired) electrons. The van der Waals surface area contributed by atoms with Crippen LogP contribution in [0.1, 0.15) is 11.1 Å². The van der Waals surface area contributed by atoms with Gasteiger partial charge in [-0.25, -0.2) is 8.78 Å². The van der Waals surface area contributed by atoms with E-state index >= 15 is 0 Å². The molecule has 0 saturated heterocycles. The fourth-order valence-corrected chi connectivity index (χ4v) is 2.30. The van der Waals surface area contributed by atoms with Gasteiger partial charge in [0, 0.05) is 19.2 Å². The third-order valence-electron chi connectivity index (χ3n) is 3.60. The van der Waals surface area contributed by atoms with Gasteiger partial charge in [0.25, 0.3) is 0 Å². The molecule has 2 aromatic carbocycles. The smallest absolute Gasteiger partial charge is 0.244 e. The Morgan fingerprint density at radius 3 is 2.56 bits per heavy atom. The number of hydrogen-bond donors (Lipinski definition) is 2. The Bertz CT molecular complexity index is 838. The Hall–Kier alpha value is -3.22. The van der Waals surface area contributed by atoms with Crippen molar-refractivity contribution >= 4 is 17.9 Å². The highest BCUT2D eigenvalue weighted by Gasteiger charge is 2.04. The number of halogens is 2. The molecule has 0 atom stereocenters. The van der Waals surface area contributed by atoms with Gasteiger partial charge in [0.2, 0.25) is 11.8 Å². The number of carbonyl (C=O) groups is 2. The Morgan fingerprint density at radius 2 is 1.85 bits per heavy atom. The van der Waals surface area contributed by atoms with Gasteiger partial charge in [0.15, 0.2) is 11.6 Å². The first-order chi connectivity index (χ1) is 13.0. The van der Waals surface area contributed by atoms with Crippen LogP contribution >= 0.6 is 0 Å². The van der Waals surface area contributed by atoms with E-state index < -0.39 is 11.6 Å². The van der Waals surface area contributed by atoms with E-state index in [-0.39, 0.29) is 37.1 Å². The maximum Gasteiger partial charge on any atom is 0.244 e. The van der Waals surface area contributed by atoms with E-state index in [9.17, 15) is 18.4 Å². The molecule has 0 aromatic heterocycles. The normalized spacial score (nSPS) is 10.6. The molecule has 27 heavy (non-hydrogen) atoms. The molecule has 7 heteroatoms. The number of ether oxygens (including phenoxy) is 1. The van der Waals surface area contributed by atoms with Gasteiger partial charge >= 0.3 is 0 Å². The second-order valence-corrected chi connectivity index (χ2v) is 5.67. The van der Waals surface area contributed by atoms with Crippen molar-refractivity contribution in [3.63, 3.8) is 0 Å². The number of benzene rings is 2. The molecule has 0 aliphatic rings. The molecule has 2 aromatic rings. The van der Waals surface area contributed by atoms with E-state index in [0.717, 1.165) is 0 Å². The molecule has 2 amide bonds. The summed E-state index contributed by atoms with van der Waals surface area (Å²) in [5, 5.41) is 5.24. The van der Waals surface area contributed by atoms with Crippen molar-refractivity contribution in [3.05, 3.63) is 71.3 Å². The van der Waals surface area contributed by atoms with E-state index in [4.69, 9.17) is 4.74 Å². The lowest BCUT2D eigenvalue weighted by molar-refractivity contribution is -0.121. The summed E-state index contributed by atoms with van der Waals surface area (Å²) in [4.78, 5) is 23.5. The lowest BCUT2D eigenvalue weighted by atomic mass is 10.1. The standard InChI is InChI=1S/C20H20F2N2O3/c1-27-18-7-5-14(12-17(18)22)6-8-19(25)23-9-10-24-20(26)13-15-3-2-4-16(21)11-15/h2-8,11-12H,9-10,13H2,1H3,(H,23,25)(H,24,26)/b8-6+. The van der Waals surface area contributed by atoms with Crippen LogP contribution in [0.4, 0.5) is 8.78 Å². The van der Waals surface area contributed by atoms with Crippen LogP contribution in [-0.2, 0) is 16.0 Å². The Balaban J connectivity index is 1.69. The minimum absolute atomic E-state index is 0.0641. The molecule has 0 aliphatic carbocycles. The highest BCUT2D eigenvalue weighted by molar-refractivity contribution is 5.91. The molecule has 142 valence electrons. The molecular formula is C20H20F2N2O3. The molecule has 0 unspecified atom stereocenters. The second kappa shape index (κ2) is 10.1. The predicted octanol–water partition coefficient (Wildman–Crippen LogP) is 2.46. The minimum Gasteiger partial charge on any atom is -0.494 e. The summed E-state index contributed by atoms with van der Waals surface area (Å²) < 4.78 is 31.4. The average Bonchev–Trinajstić information content (AvgIpc) is 2.63. The summed E-state index contributed by atoms with van der Waals surface area (Å²) >= 11 is 0. The molecule has 2 N–H and O–H groups in total. The molecule has 0 aliphatic heterocycles. The summed E-state index contributed by atoms with van der Waals surface area (Å²) in [5.41, 5.74) is 1.10. The zero-order chi connectivity index (χ0) is 19.6. The monoisotopic (exact) mass is 374 g/mol. The van der Waals surface area contributed by atoms with Crippen molar-refractivity contribution in [2.75, 3.05) is 20.2 Å². The topological polar surface area (TPSA) is 67.4 Å². The van der Waals surface area contributed by atoms with Crippen molar-refractivity contribution in [1.82, 2.24) is 10.6 Å². The van der Waals surface area contributed by atoms with Gasteiger partial charge in [-0.3, -0.25) is 9.59 Å². The molecular weight excluding hydrogens is 354 g/mol. The summed E-state index contributed by atoms with van der Waals surface area (Å²) in [6.07, 6.45) is 2.81. The van der Waals surface area contributed by atoms with Crippen molar-refractivity contribution in [2.45, 2.75) is 6.42 Å². The van der Waals surface area contributed by atoms with E-state index in [1.807, 2.05) is 0 Å². The van der Waals surface area contributed by atoms with E-state index in [0.29, 0.717) is 11.1 Å². The second-order valence-electron chi connectivity index (χ2n) is 5.67. The zero-order valence-electron chi connectivity index (χ0n) is 14.8. The first-order valence-corrected chi connectivity index (χ1v) is 8.28. The zero-order valence-corrected chi connectivity index (χ0v) is 14.8. The van der Waals surface area contributed by atoms with Gasteiger partial charge < -0.3 is 15.4 Å². The molecule has 0 spiro atoms. The third-order valence-corrected chi connectivity index (χ3v) is 3.60. The molecule has 0 fully saturated rings. The fraction of sp³-hybridized carbons (Fsp3) is 0.200. The van der Waals surface area contributed by atoms with Gasteiger partial charge in [0.1, 0.15) is 5.82 Å². The van der Waals surface area contributed by atoms with Gasteiger partial charge in [-0.1, -0.05) is 18.2 Å². The molecule has 0 bridgehead atoms. The van der Waals surface area contributed by atoms with Crippen LogP contribution in [-0.4, -0.2) is 32.0 Å². The Morgan fingerprint density at radius 1 is 1.07 bits per heavy atom.